The molecule has 0 saturated carbocycles. The first-order chi connectivity index (χ1) is 8.62. The summed E-state index contributed by atoms with van der Waals surface area (Å²) < 4.78 is 16.1. The van der Waals surface area contributed by atoms with Gasteiger partial charge < -0.3 is 19.5 Å². The van der Waals surface area contributed by atoms with Crippen LogP contribution in [0.5, 0.6) is 5.75 Å². The summed E-state index contributed by atoms with van der Waals surface area (Å²) in [5, 5.41) is 3.35. The average Bonchev–Trinajstić information content (AvgIpc) is 2.34. The smallest absolute Gasteiger partial charge is 0.176 e. The Morgan fingerprint density at radius 2 is 1.89 bits per heavy atom. The molecule has 0 bridgehead atoms. The molecule has 0 amide bonds. The summed E-state index contributed by atoms with van der Waals surface area (Å²) in [6, 6.07) is 6.11. The summed E-state index contributed by atoms with van der Waals surface area (Å²) in [4.78, 5) is 0. The first-order valence-electron chi connectivity index (χ1n) is 6.18. The summed E-state index contributed by atoms with van der Waals surface area (Å²) in [6.45, 7) is 6.67. The first-order valence-corrected chi connectivity index (χ1v) is 6.18. The SMILES string of the molecule is CCOc1cc(C)ccc1NC(C)C(OC)OC. The van der Waals surface area contributed by atoms with Crippen LogP contribution in [0.3, 0.4) is 0 Å². The zero-order valence-corrected chi connectivity index (χ0v) is 11.8. The third kappa shape index (κ3) is 3.89. The molecule has 0 fully saturated rings. The topological polar surface area (TPSA) is 39.7 Å². The van der Waals surface area contributed by atoms with Gasteiger partial charge in [0.25, 0.3) is 0 Å². The molecular weight excluding hydrogens is 230 g/mol. The van der Waals surface area contributed by atoms with Crippen LogP contribution in [0.1, 0.15) is 19.4 Å². The van der Waals surface area contributed by atoms with Crippen LogP contribution in [-0.4, -0.2) is 33.2 Å². The Morgan fingerprint density at radius 1 is 1.22 bits per heavy atom. The number of nitrogens with one attached hydrogen (secondary N) is 1. The first kappa shape index (κ1) is 14.8. The largest absolute Gasteiger partial charge is 0.492 e. The lowest BCUT2D eigenvalue weighted by atomic mass is 10.2. The van der Waals surface area contributed by atoms with Gasteiger partial charge in [0.1, 0.15) is 5.75 Å². The minimum absolute atomic E-state index is 0.0295. The second-order valence-electron chi connectivity index (χ2n) is 4.21. The molecule has 18 heavy (non-hydrogen) atoms. The maximum Gasteiger partial charge on any atom is 0.176 e. The van der Waals surface area contributed by atoms with Gasteiger partial charge in [0, 0.05) is 14.2 Å². The van der Waals surface area contributed by atoms with Crippen molar-refractivity contribution in [3.05, 3.63) is 23.8 Å². The van der Waals surface area contributed by atoms with Crippen molar-refractivity contribution in [2.75, 3.05) is 26.1 Å². The van der Waals surface area contributed by atoms with E-state index >= 15 is 0 Å². The zero-order chi connectivity index (χ0) is 13.5. The predicted octanol–water partition coefficient (Wildman–Crippen LogP) is 2.81. The number of anilines is 1. The molecular formula is C14H23NO3. The summed E-state index contributed by atoms with van der Waals surface area (Å²) in [7, 11) is 3.26. The van der Waals surface area contributed by atoms with E-state index in [9.17, 15) is 0 Å². The molecule has 102 valence electrons. The van der Waals surface area contributed by atoms with Crippen LogP contribution < -0.4 is 10.1 Å². The molecule has 0 radical (unpaired) electrons. The molecule has 0 heterocycles. The fourth-order valence-electron chi connectivity index (χ4n) is 1.84. The fraction of sp³-hybridized carbons (Fsp3) is 0.571. The average molecular weight is 253 g/mol. The Kier molecular flexibility index (Phi) is 5.95. The molecule has 0 spiro atoms. The molecule has 1 aromatic carbocycles. The highest BCUT2D eigenvalue weighted by Crippen LogP contribution is 2.27. The van der Waals surface area contributed by atoms with Crippen LogP contribution in [-0.2, 0) is 9.47 Å². The Morgan fingerprint density at radius 3 is 2.44 bits per heavy atom. The standard InChI is InChI=1S/C14H23NO3/c1-6-18-13-9-10(2)7-8-12(13)15-11(3)14(16-4)17-5/h7-9,11,14-15H,6H2,1-5H3. The number of benzene rings is 1. The molecule has 4 nitrogen and oxygen atoms in total. The third-order valence-corrected chi connectivity index (χ3v) is 2.69. The van der Waals surface area contributed by atoms with E-state index in [1.165, 1.54) is 5.56 Å². The van der Waals surface area contributed by atoms with Gasteiger partial charge in [0.2, 0.25) is 0 Å². The molecule has 1 N–H and O–H groups in total. The highest BCUT2D eigenvalue weighted by atomic mass is 16.7. The van der Waals surface area contributed by atoms with Crippen molar-refractivity contribution in [1.29, 1.82) is 0 Å². The van der Waals surface area contributed by atoms with Gasteiger partial charge >= 0.3 is 0 Å². The summed E-state index contributed by atoms with van der Waals surface area (Å²) in [6.07, 6.45) is -0.291. The number of hydrogen-bond acceptors (Lipinski definition) is 4. The Bertz CT molecular complexity index is 364. The van der Waals surface area contributed by atoms with E-state index in [0.717, 1.165) is 11.4 Å². The maximum absolute atomic E-state index is 5.62. The van der Waals surface area contributed by atoms with Gasteiger partial charge in [-0.3, -0.25) is 0 Å². The van der Waals surface area contributed by atoms with Crippen LogP contribution in [0.15, 0.2) is 18.2 Å². The van der Waals surface area contributed by atoms with E-state index < -0.39 is 0 Å². The van der Waals surface area contributed by atoms with Crippen LogP contribution in [0.2, 0.25) is 0 Å². The molecule has 0 aliphatic heterocycles. The predicted molar refractivity (Wildman–Crippen MR) is 73.2 cm³/mol. The van der Waals surface area contributed by atoms with Gasteiger partial charge in [-0.1, -0.05) is 6.07 Å². The van der Waals surface area contributed by atoms with Gasteiger partial charge in [0.15, 0.2) is 6.29 Å². The molecule has 4 heteroatoms. The maximum atomic E-state index is 5.62. The highest BCUT2D eigenvalue weighted by Gasteiger charge is 2.17. The monoisotopic (exact) mass is 253 g/mol. The normalized spacial score (nSPS) is 12.6. The van der Waals surface area contributed by atoms with Crippen molar-refractivity contribution < 1.29 is 14.2 Å². The molecule has 0 aromatic heterocycles. The minimum Gasteiger partial charge on any atom is -0.492 e. The summed E-state index contributed by atoms with van der Waals surface area (Å²) in [5.41, 5.74) is 2.13. The van der Waals surface area contributed by atoms with Crippen LogP contribution >= 0.6 is 0 Å². The Labute approximate surface area is 109 Å². The van der Waals surface area contributed by atoms with Crippen LogP contribution in [0.25, 0.3) is 0 Å². The van der Waals surface area contributed by atoms with E-state index in [0.29, 0.717) is 6.61 Å². The van der Waals surface area contributed by atoms with E-state index in [4.69, 9.17) is 14.2 Å². The minimum atomic E-state index is -0.291. The number of rotatable bonds is 7. The quantitative estimate of drug-likeness (QED) is 0.758. The molecule has 1 aromatic rings. The van der Waals surface area contributed by atoms with Gasteiger partial charge in [-0.25, -0.2) is 0 Å². The van der Waals surface area contributed by atoms with E-state index in [1.54, 1.807) is 14.2 Å². The zero-order valence-electron chi connectivity index (χ0n) is 11.8. The number of ether oxygens (including phenoxy) is 3. The lowest BCUT2D eigenvalue weighted by Gasteiger charge is -2.24. The number of methoxy groups -OCH3 is 2. The van der Waals surface area contributed by atoms with Crippen molar-refractivity contribution in [2.45, 2.75) is 33.1 Å². The van der Waals surface area contributed by atoms with Gasteiger partial charge in [-0.2, -0.15) is 0 Å². The van der Waals surface area contributed by atoms with Gasteiger partial charge in [0.05, 0.1) is 18.3 Å². The number of hydrogen-bond donors (Lipinski definition) is 1. The second kappa shape index (κ2) is 7.24. The lowest BCUT2D eigenvalue weighted by molar-refractivity contribution is -0.109. The molecule has 0 aliphatic rings. The molecule has 1 unspecified atom stereocenters. The van der Waals surface area contributed by atoms with E-state index in [2.05, 4.69) is 5.32 Å². The van der Waals surface area contributed by atoms with Crippen molar-refractivity contribution in [1.82, 2.24) is 0 Å². The Hall–Kier alpha value is -1.26. The van der Waals surface area contributed by atoms with Crippen molar-refractivity contribution in [3.63, 3.8) is 0 Å². The summed E-state index contributed by atoms with van der Waals surface area (Å²) >= 11 is 0. The second-order valence-corrected chi connectivity index (χ2v) is 4.21. The fourth-order valence-corrected chi connectivity index (χ4v) is 1.84. The Balaban J connectivity index is 2.82. The molecule has 1 rings (SSSR count). The van der Waals surface area contributed by atoms with Crippen LogP contribution in [0.4, 0.5) is 5.69 Å². The third-order valence-electron chi connectivity index (χ3n) is 2.69. The highest BCUT2D eigenvalue weighted by molar-refractivity contribution is 5.58. The van der Waals surface area contributed by atoms with Crippen molar-refractivity contribution in [3.8, 4) is 5.75 Å². The summed E-state index contributed by atoms with van der Waals surface area (Å²) in [5.74, 6) is 0.857. The van der Waals surface area contributed by atoms with Crippen molar-refractivity contribution in [2.24, 2.45) is 0 Å². The number of aryl methyl sites for hydroxylation is 1. The molecule has 1 atom stereocenters. The molecule has 0 saturated heterocycles. The van der Waals surface area contributed by atoms with Gasteiger partial charge in [-0.05, 0) is 38.5 Å². The van der Waals surface area contributed by atoms with Crippen LogP contribution in [0, 0.1) is 6.92 Å². The van der Waals surface area contributed by atoms with Crippen molar-refractivity contribution >= 4 is 5.69 Å². The van der Waals surface area contributed by atoms with E-state index in [-0.39, 0.29) is 12.3 Å². The van der Waals surface area contributed by atoms with E-state index in [1.807, 2.05) is 39.0 Å². The lowest BCUT2D eigenvalue weighted by Crippen LogP contribution is -2.33. The van der Waals surface area contributed by atoms with Gasteiger partial charge in [-0.15, -0.1) is 0 Å². The molecule has 0 aliphatic carbocycles.